The van der Waals surface area contributed by atoms with Gasteiger partial charge in [0.2, 0.25) is 0 Å². The molecule has 1 aliphatic heterocycles. The Balaban J connectivity index is 0.000000375. The maximum atomic E-state index is 11.8. The van der Waals surface area contributed by atoms with Crippen molar-refractivity contribution in [3.63, 3.8) is 0 Å². The van der Waals surface area contributed by atoms with E-state index in [0.717, 1.165) is 44.9 Å². The minimum atomic E-state index is -0.361. The molecule has 0 amide bonds. The maximum Gasteiger partial charge on any atom is -0.0866 e. The van der Waals surface area contributed by atoms with E-state index in [1.807, 2.05) is 72.8 Å². The van der Waals surface area contributed by atoms with Crippen LogP contribution in [-0.4, -0.2) is 40.6 Å². The van der Waals surface area contributed by atoms with Crippen molar-refractivity contribution in [2.45, 2.75) is 113 Å². The third kappa shape index (κ3) is 12.7. The van der Waals surface area contributed by atoms with Gasteiger partial charge in [0.15, 0.2) is 0 Å². The Hall–Kier alpha value is -4.21. The first kappa shape index (κ1) is 46.3. The molecule has 0 bridgehead atoms. The van der Waals surface area contributed by atoms with Crippen molar-refractivity contribution in [1.29, 1.82) is 0 Å². The zero-order chi connectivity index (χ0) is 43.6. The number of nitrogens with zero attached hydrogens (tertiary/aromatic N) is 4. The predicted molar refractivity (Wildman–Crippen MR) is 255 cm³/mol. The first-order valence-corrected chi connectivity index (χ1v) is 28.1. The summed E-state index contributed by atoms with van der Waals surface area (Å²) in [6.45, 7) is 20.9. The molecule has 3 heterocycles. The molecular formula is C52H62N4O2S2Ti-2. The molecule has 2 N–H and O–H groups in total. The van der Waals surface area contributed by atoms with Crippen LogP contribution in [0.3, 0.4) is 0 Å². The first-order chi connectivity index (χ1) is 29.2. The molecule has 1 fully saturated rings. The van der Waals surface area contributed by atoms with Gasteiger partial charge in [-0.05, 0) is 0 Å². The molecule has 0 radical (unpaired) electrons. The van der Waals surface area contributed by atoms with E-state index in [2.05, 4.69) is 99.6 Å². The molecule has 2 unspecified atom stereocenters. The summed E-state index contributed by atoms with van der Waals surface area (Å²) >= 11 is -0.361. The van der Waals surface area contributed by atoms with Crippen molar-refractivity contribution in [2.75, 3.05) is 0 Å². The molecule has 4 atom stereocenters. The van der Waals surface area contributed by atoms with Gasteiger partial charge in [-0.15, -0.1) is 24.3 Å². The summed E-state index contributed by atoms with van der Waals surface area (Å²) in [5, 5.41) is 24.9. The zero-order valence-electron chi connectivity index (χ0n) is 36.8. The van der Waals surface area contributed by atoms with Crippen LogP contribution < -0.4 is 0 Å². The summed E-state index contributed by atoms with van der Waals surface area (Å²) in [4.78, 5) is 18.1. The molecule has 1 aliphatic carbocycles. The Morgan fingerprint density at radius 1 is 0.541 bits per heavy atom. The largest absolute Gasteiger partial charge is 0.199 e. The molecule has 8 rings (SSSR count). The second-order valence-electron chi connectivity index (χ2n) is 18.0. The van der Waals surface area contributed by atoms with Gasteiger partial charge >= 0.3 is 292 Å². The van der Waals surface area contributed by atoms with Crippen LogP contribution in [0.1, 0.15) is 113 Å². The minimum absolute atomic E-state index is 0.0656. The Bertz CT molecular complexity index is 2260. The van der Waals surface area contributed by atoms with E-state index in [4.69, 9.17) is 0 Å². The Kier molecular flexibility index (Phi) is 16.1. The molecule has 0 spiro atoms. The second-order valence-corrected chi connectivity index (χ2v) is 29.4. The van der Waals surface area contributed by atoms with Crippen molar-refractivity contribution in [2.24, 2.45) is 0 Å². The molecule has 61 heavy (non-hydrogen) atoms. The number of aromatic hydroxyl groups is 2. The van der Waals surface area contributed by atoms with Crippen LogP contribution in [0.25, 0.3) is 22.8 Å². The van der Waals surface area contributed by atoms with Gasteiger partial charge in [0, 0.05) is 0 Å². The van der Waals surface area contributed by atoms with Crippen molar-refractivity contribution in [3.05, 3.63) is 169 Å². The number of phenols is 2. The van der Waals surface area contributed by atoms with Gasteiger partial charge in [0.25, 0.3) is 0 Å². The molecule has 4 aromatic carbocycles. The number of phenolic OH excluding ortho intramolecular Hbond substituents is 2. The molecule has 9 heteroatoms. The fourth-order valence-electron chi connectivity index (χ4n) is 7.58. The third-order valence-electron chi connectivity index (χ3n) is 11.1. The van der Waals surface area contributed by atoms with Gasteiger partial charge in [-0.1, -0.05) is 12.1 Å². The average molecular weight is 887 g/mol. The van der Waals surface area contributed by atoms with Gasteiger partial charge in [-0.2, -0.15) is 49.2 Å². The second kappa shape index (κ2) is 21.2. The number of rotatable bonds is 6. The molecule has 6 aromatic rings. The van der Waals surface area contributed by atoms with E-state index in [9.17, 15) is 10.2 Å². The first-order valence-electron chi connectivity index (χ1n) is 21.4. The Labute approximate surface area is 375 Å². The van der Waals surface area contributed by atoms with Crippen LogP contribution in [0.15, 0.2) is 122 Å². The number of benzene rings is 4. The van der Waals surface area contributed by atoms with Crippen LogP contribution in [0.2, 0.25) is 0 Å². The van der Waals surface area contributed by atoms with Gasteiger partial charge < -0.3 is 0 Å². The Morgan fingerprint density at radius 3 is 1.21 bits per heavy atom. The topological polar surface area (TPSA) is 92.0 Å². The fourth-order valence-corrected chi connectivity index (χ4v) is 28.4. The average Bonchev–Trinajstić information content (AvgIpc) is 3.53. The molecular weight excluding hydrogens is 825 g/mol. The number of fused-ring (bicyclic) bond motifs is 1. The monoisotopic (exact) mass is 886 g/mol. The smallest absolute Gasteiger partial charge is 0.0866 e. The summed E-state index contributed by atoms with van der Waals surface area (Å²) in [6, 6.07) is 32.1. The van der Waals surface area contributed by atoms with Gasteiger partial charge in [-0.25, -0.2) is 0 Å². The molecule has 320 valence electrons. The molecule has 0 saturated heterocycles. The summed E-state index contributed by atoms with van der Waals surface area (Å²) < 4.78 is 0. The third-order valence-corrected chi connectivity index (χ3v) is 27.0. The fraction of sp³-hybridized carbons (Fsp3) is 0.346. The predicted octanol–water partition coefficient (Wildman–Crippen LogP) is 13.6. The van der Waals surface area contributed by atoms with E-state index >= 15 is 0 Å². The van der Waals surface area contributed by atoms with E-state index in [1.165, 1.54) is 49.7 Å². The van der Waals surface area contributed by atoms with E-state index in [0.29, 0.717) is 33.6 Å². The van der Waals surface area contributed by atoms with E-state index in [-0.39, 0.29) is 42.2 Å². The SMILES string of the molecule is CC(C)(C)c1cc(C[S]2=[Ti]=[S@@](Cc3cc(C(C)(C)C)cc(-c4ncccn4)c3O)C3CCCCCC[C@@H]32)c(O)c(-c2ncccn2)c1.[CH2-]c1ccccc1.[CH2-]c1ccccc1. The van der Waals surface area contributed by atoms with Crippen LogP contribution in [0.5, 0.6) is 11.5 Å². The van der Waals surface area contributed by atoms with Crippen LogP contribution >= 0.6 is 15.9 Å². The summed E-state index contributed by atoms with van der Waals surface area (Å²) in [5.74, 6) is 3.72. The Morgan fingerprint density at radius 2 is 0.902 bits per heavy atom. The molecule has 6 nitrogen and oxygen atoms in total. The molecule has 1 saturated carbocycles. The number of hydrogen-bond acceptors (Lipinski definition) is 6. The van der Waals surface area contributed by atoms with E-state index in [1.54, 1.807) is 24.8 Å². The van der Waals surface area contributed by atoms with Gasteiger partial charge in [0.05, 0.1) is 0 Å². The summed E-state index contributed by atoms with van der Waals surface area (Å²) in [7, 11) is 0.465. The van der Waals surface area contributed by atoms with E-state index < -0.39 is 0 Å². The van der Waals surface area contributed by atoms with Gasteiger partial charge in [-0.3, -0.25) is 0 Å². The summed E-state index contributed by atoms with van der Waals surface area (Å²) in [6.07, 6.45) is 14.8. The van der Waals surface area contributed by atoms with Crippen molar-refractivity contribution in [1.82, 2.24) is 19.9 Å². The van der Waals surface area contributed by atoms with Crippen molar-refractivity contribution < 1.29 is 25.7 Å². The zero-order valence-corrected chi connectivity index (χ0v) is 40.0. The quantitative estimate of drug-likeness (QED) is 0.128. The molecule has 2 aromatic heterocycles. The minimum Gasteiger partial charge on any atom is -0.199 e. The number of aromatic nitrogens is 4. The van der Waals surface area contributed by atoms with Gasteiger partial charge in [0.1, 0.15) is 0 Å². The summed E-state index contributed by atoms with van der Waals surface area (Å²) in [5.41, 5.74) is 8.02. The standard InChI is InChI=1S/C38H48N4O2S2.2C7H7.Ti/c1-37(2,3)27-19-25(33(43)29(21-27)35-39-15-11-16-40-35)23-45-31-13-9-7-8-10-14-32(31)46-24-26-20-28(38(4,5)6)22-30(34(26)44)36-41-17-12-18-42-36;2*1-7-5-3-2-4-6-7;/h11-12,15-22,31-32,43-44H,7-10,13-14,23-24H2,1-6H3;2*2-6H,1H2;/q;2*-1;/t31-,32?;;;/m0.../s1. The van der Waals surface area contributed by atoms with Crippen molar-refractivity contribution >= 4 is 15.9 Å². The molecule has 2 aliphatic rings. The van der Waals surface area contributed by atoms with Crippen LogP contribution in [-0.2, 0) is 37.8 Å². The van der Waals surface area contributed by atoms with Crippen LogP contribution in [0, 0.1) is 13.8 Å². The van der Waals surface area contributed by atoms with Crippen LogP contribution in [0.4, 0.5) is 0 Å². The van der Waals surface area contributed by atoms with Crippen molar-refractivity contribution in [3.8, 4) is 34.3 Å². The number of hydrogen-bond donors (Lipinski definition) is 2. The maximum absolute atomic E-state index is 11.8. The normalized spacial score (nSPS) is 18.7.